The summed E-state index contributed by atoms with van der Waals surface area (Å²) in [6.07, 6.45) is 8.72. The second kappa shape index (κ2) is 27.7. The molecule has 320 valence electrons. The number of esters is 6. The van der Waals surface area contributed by atoms with Crippen molar-refractivity contribution in [3.05, 3.63) is 108 Å². The zero-order chi connectivity index (χ0) is 43.4. The van der Waals surface area contributed by atoms with Gasteiger partial charge < -0.3 is 42.6 Å². The van der Waals surface area contributed by atoms with Crippen LogP contribution in [0.25, 0.3) is 18.2 Å². The Morgan fingerprint density at radius 2 is 0.750 bits per heavy atom. The van der Waals surface area contributed by atoms with Gasteiger partial charge in [-0.2, -0.15) is 0 Å². The molecule has 0 fully saturated rings. The van der Waals surface area contributed by atoms with E-state index in [0.29, 0.717) is 36.5 Å². The molecule has 0 unspecified atom stereocenters. The summed E-state index contributed by atoms with van der Waals surface area (Å²) in [5, 5.41) is 0. The van der Waals surface area contributed by atoms with E-state index in [2.05, 4.69) is 14.2 Å². The third kappa shape index (κ3) is 20.5. The minimum Gasteiger partial charge on any atom is -0.494 e. The molecule has 60 heavy (non-hydrogen) atoms. The van der Waals surface area contributed by atoms with E-state index in [9.17, 15) is 28.8 Å². The van der Waals surface area contributed by atoms with Gasteiger partial charge in [0.05, 0.1) is 41.2 Å². The maximum Gasteiger partial charge on any atom is 0.330 e. The quantitative estimate of drug-likeness (QED) is 0.0390. The summed E-state index contributed by atoms with van der Waals surface area (Å²) < 4.78 is 47.1. The SMILES string of the molecule is COC(=O)C=Cc1ccc(OCCCC(=O)OCC(COC(=O)CCCOc2ccc(C=CC(=O)OC)cc2)OC(=O)CCCOc2ccc(C=CC(=O)OC)cc2)cc1. The van der Waals surface area contributed by atoms with Crippen molar-refractivity contribution in [1.82, 2.24) is 0 Å². The molecule has 3 rings (SSSR count). The van der Waals surface area contributed by atoms with E-state index in [-0.39, 0.29) is 52.3 Å². The van der Waals surface area contributed by atoms with E-state index < -0.39 is 41.9 Å². The lowest BCUT2D eigenvalue weighted by molar-refractivity contribution is -0.167. The van der Waals surface area contributed by atoms with Crippen LogP contribution in [0.3, 0.4) is 0 Å². The highest BCUT2D eigenvalue weighted by atomic mass is 16.6. The summed E-state index contributed by atoms with van der Waals surface area (Å²) in [4.78, 5) is 71.7. The molecule has 0 amide bonds. The Morgan fingerprint density at radius 1 is 0.450 bits per heavy atom. The van der Waals surface area contributed by atoms with Gasteiger partial charge in [0.2, 0.25) is 0 Å². The van der Waals surface area contributed by atoms with E-state index in [1.165, 1.54) is 39.6 Å². The minimum absolute atomic E-state index is 0.0158. The van der Waals surface area contributed by atoms with Gasteiger partial charge in [0.1, 0.15) is 30.5 Å². The van der Waals surface area contributed by atoms with Crippen molar-refractivity contribution < 1.29 is 71.4 Å². The zero-order valence-electron chi connectivity index (χ0n) is 33.9. The van der Waals surface area contributed by atoms with Crippen molar-refractivity contribution in [2.45, 2.75) is 44.6 Å². The number of carbonyl (C=O) groups excluding carboxylic acids is 6. The fraction of sp³-hybridized carbons (Fsp3) is 0.333. The van der Waals surface area contributed by atoms with Gasteiger partial charge in [-0.05, 0) is 90.6 Å². The molecule has 0 saturated carbocycles. The first-order valence-electron chi connectivity index (χ1n) is 19.0. The number of hydrogen-bond acceptors (Lipinski definition) is 15. The first kappa shape index (κ1) is 47.5. The van der Waals surface area contributed by atoms with Crippen molar-refractivity contribution in [1.29, 1.82) is 0 Å². The van der Waals surface area contributed by atoms with Crippen LogP contribution in [0, 0.1) is 0 Å². The molecule has 0 bridgehead atoms. The van der Waals surface area contributed by atoms with Gasteiger partial charge >= 0.3 is 35.8 Å². The molecule has 0 atom stereocenters. The number of rotatable bonds is 26. The van der Waals surface area contributed by atoms with Gasteiger partial charge in [-0.3, -0.25) is 14.4 Å². The van der Waals surface area contributed by atoms with Crippen LogP contribution >= 0.6 is 0 Å². The van der Waals surface area contributed by atoms with E-state index in [1.807, 2.05) is 0 Å². The number of carbonyl (C=O) groups is 6. The molecule has 3 aromatic rings. The number of ether oxygens (including phenoxy) is 9. The van der Waals surface area contributed by atoms with Gasteiger partial charge in [-0.15, -0.1) is 0 Å². The molecule has 0 aliphatic rings. The lowest BCUT2D eigenvalue weighted by Gasteiger charge is -2.18. The van der Waals surface area contributed by atoms with Gasteiger partial charge in [-0.1, -0.05) is 36.4 Å². The Hall–Kier alpha value is -6.90. The summed E-state index contributed by atoms with van der Waals surface area (Å²) >= 11 is 0. The average molecular weight is 831 g/mol. The molecule has 0 spiro atoms. The summed E-state index contributed by atoms with van der Waals surface area (Å²) in [6, 6.07) is 21.0. The number of benzene rings is 3. The molecule has 0 aliphatic heterocycles. The van der Waals surface area contributed by atoms with E-state index in [4.69, 9.17) is 28.4 Å². The Labute approximate surface area is 348 Å². The fourth-order valence-electron chi connectivity index (χ4n) is 4.82. The van der Waals surface area contributed by atoms with Gasteiger partial charge in [0.25, 0.3) is 0 Å². The second-order valence-corrected chi connectivity index (χ2v) is 12.6. The standard InChI is InChI=1S/C45H50O15/c1-52-40(46)25-16-33-10-19-36(20-11-33)55-28-4-7-43(49)58-31-39(60-45(51)9-6-30-57-38-23-14-35(15-24-38)18-27-42(48)54-3)32-59-44(50)8-5-29-56-37-21-12-34(13-22-37)17-26-41(47)53-2/h10-27,39H,4-9,28-32H2,1-3H3. The second-order valence-electron chi connectivity index (χ2n) is 12.6. The van der Waals surface area contributed by atoms with Crippen LogP contribution in [-0.2, 0) is 57.2 Å². The Kier molecular flexibility index (Phi) is 21.9. The molecule has 3 aromatic carbocycles. The van der Waals surface area contributed by atoms with Gasteiger partial charge in [-0.25, -0.2) is 14.4 Å². The highest BCUT2D eigenvalue weighted by molar-refractivity contribution is 5.88. The molecular formula is C45H50O15. The summed E-state index contributed by atoms with van der Waals surface area (Å²) in [5.74, 6) is -1.39. The topological polar surface area (TPSA) is 185 Å². The van der Waals surface area contributed by atoms with E-state index in [1.54, 1.807) is 91.0 Å². The molecule has 15 nitrogen and oxygen atoms in total. The van der Waals surface area contributed by atoms with E-state index in [0.717, 1.165) is 16.7 Å². The summed E-state index contributed by atoms with van der Waals surface area (Å²) in [6.45, 7) is -0.00553. The van der Waals surface area contributed by atoms with Crippen LogP contribution in [0.15, 0.2) is 91.0 Å². The molecule has 15 heteroatoms. The van der Waals surface area contributed by atoms with Crippen LogP contribution in [0.4, 0.5) is 0 Å². The molecule has 0 aliphatic carbocycles. The lowest BCUT2D eigenvalue weighted by atomic mass is 10.2. The Bertz CT molecular complexity index is 1800. The first-order valence-corrected chi connectivity index (χ1v) is 19.0. The van der Waals surface area contributed by atoms with Gasteiger partial charge in [0, 0.05) is 37.5 Å². The van der Waals surface area contributed by atoms with Crippen LogP contribution in [0.2, 0.25) is 0 Å². The lowest BCUT2D eigenvalue weighted by Crippen LogP contribution is -2.31. The van der Waals surface area contributed by atoms with Crippen molar-refractivity contribution in [2.75, 3.05) is 54.4 Å². The third-order valence-electron chi connectivity index (χ3n) is 8.02. The first-order chi connectivity index (χ1) is 29.1. The predicted octanol–water partition coefficient (Wildman–Crippen LogP) is 6.12. The van der Waals surface area contributed by atoms with Crippen molar-refractivity contribution in [2.24, 2.45) is 0 Å². The molecule has 0 heterocycles. The monoisotopic (exact) mass is 830 g/mol. The van der Waals surface area contributed by atoms with Crippen molar-refractivity contribution >= 4 is 54.0 Å². The third-order valence-corrected chi connectivity index (χ3v) is 8.02. The highest BCUT2D eigenvalue weighted by Crippen LogP contribution is 2.17. The van der Waals surface area contributed by atoms with Crippen LogP contribution in [0.1, 0.15) is 55.2 Å². The fourth-order valence-corrected chi connectivity index (χ4v) is 4.82. The van der Waals surface area contributed by atoms with Crippen LogP contribution < -0.4 is 14.2 Å². The smallest absolute Gasteiger partial charge is 0.330 e. The molecule has 0 radical (unpaired) electrons. The Morgan fingerprint density at radius 3 is 1.05 bits per heavy atom. The maximum absolute atomic E-state index is 12.8. The zero-order valence-corrected chi connectivity index (χ0v) is 33.9. The molecule has 0 aromatic heterocycles. The van der Waals surface area contributed by atoms with Gasteiger partial charge in [0.15, 0.2) is 6.10 Å². The Balaban J connectivity index is 1.43. The highest BCUT2D eigenvalue weighted by Gasteiger charge is 2.20. The number of hydrogen-bond donors (Lipinski definition) is 0. The van der Waals surface area contributed by atoms with Crippen LogP contribution in [-0.4, -0.2) is 96.3 Å². The number of methoxy groups -OCH3 is 3. The predicted molar refractivity (Wildman–Crippen MR) is 218 cm³/mol. The van der Waals surface area contributed by atoms with Crippen molar-refractivity contribution in [3.8, 4) is 17.2 Å². The summed E-state index contributed by atoms with van der Waals surface area (Å²) in [5.41, 5.74) is 2.33. The van der Waals surface area contributed by atoms with Crippen molar-refractivity contribution in [3.63, 3.8) is 0 Å². The average Bonchev–Trinajstić information content (AvgIpc) is 3.27. The normalized spacial score (nSPS) is 11.4. The molecule has 0 saturated heterocycles. The minimum atomic E-state index is -1.05. The summed E-state index contributed by atoms with van der Waals surface area (Å²) in [7, 11) is 3.89. The maximum atomic E-state index is 12.8. The van der Waals surface area contributed by atoms with Crippen LogP contribution in [0.5, 0.6) is 17.2 Å². The van der Waals surface area contributed by atoms with E-state index >= 15 is 0 Å². The molecular weight excluding hydrogens is 780 g/mol. The molecule has 0 N–H and O–H groups in total. The largest absolute Gasteiger partial charge is 0.494 e.